The molecule has 1 aliphatic carbocycles. The van der Waals surface area contributed by atoms with Crippen molar-refractivity contribution in [2.45, 2.75) is 29.6 Å². The number of amides is 1. The Morgan fingerprint density at radius 1 is 0.903 bits per heavy atom. The van der Waals surface area contributed by atoms with E-state index in [1.807, 2.05) is 42.5 Å². The average molecular weight is 499 g/mol. The third-order valence-corrected chi connectivity index (χ3v) is 7.47. The minimum Gasteiger partial charge on any atom is -0.355 e. The molecule has 3 aromatic rings. The van der Waals surface area contributed by atoms with E-state index in [1.54, 1.807) is 36.4 Å². The van der Waals surface area contributed by atoms with Crippen LogP contribution in [-0.4, -0.2) is 20.9 Å². The molecule has 4 rings (SSSR count). The van der Waals surface area contributed by atoms with E-state index in [2.05, 4.69) is 26.0 Å². The molecule has 160 valence electrons. The molecule has 5 nitrogen and oxygen atoms in total. The molecule has 3 aromatic carbocycles. The zero-order valence-electron chi connectivity index (χ0n) is 16.8. The second-order valence-corrected chi connectivity index (χ2v) is 10.3. The highest BCUT2D eigenvalue weighted by Gasteiger charge is 2.51. The third-order valence-electron chi connectivity index (χ3n) is 5.54. The van der Waals surface area contributed by atoms with E-state index in [4.69, 9.17) is 0 Å². The summed E-state index contributed by atoms with van der Waals surface area (Å²) in [6.45, 7) is 0.593. The minimum absolute atomic E-state index is 0.0339. The van der Waals surface area contributed by atoms with Gasteiger partial charge in [0.2, 0.25) is 5.91 Å². The van der Waals surface area contributed by atoms with E-state index in [-0.39, 0.29) is 10.8 Å². The predicted molar refractivity (Wildman–Crippen MR) is 125 cm³/mol. The van der Waals surface area contributed by atoms with E-state index >= 15 is 0 Å². The Bertz CT molecular complexity index is 1160. The first kappa shape index (κ1) is 21.6. The zero-order valence-corrected chi connectivity index (χ0v) is 19.2. The number of hydrogen-bond donors (Lipinski definition) is 2. The highest BCUT2D eigenvalue weighted by atomic mass is 79.9. The minimum atomic E-state index is -3.67. The van der Waals surface area contributed by atoms with Gasteiger partial charge < -0.3 is 5.32 Å². The van der Waals surface area contributed by atoms with Gasteiger partial charge in [-0.15, -0.1) is 0 Å². The van der Waals surface area contributed by atoms with Crippen molar-refractivity contribution in [2.75, 3.05) is 11.3 Å². The van der Waals surface area contributed by atoms with Gasteiger partial charge in [-0.25, -0.2) is 8.42 Å². The number of anilines is 1. The van der Waals surface area contributed by atoms with Gasteiger partial charge in [0, 0.05) is 16.7 Å². The molecule has 0 bridgehead atoms. The monoisotopic (exact) mass is 498 g/mol. The molecule has 0 aliphatic heterocycles. The van der Waals surface area contributed by atoms with Crippen molar-refractivity contribution < 1.29 is 13.2 Å². The number of halogens is 1. The van der Waals surface area contributed by atoms with Gasteiger partial charge in [0.1, 0.15) is 0 Å². The lowest BCUT2D eigenvalue weighted by atomic mass is 9.94. The number of sulfonamides is 1. The van der Waals surface area contributed by atoms with E-state index in [0.29, 0.717) is 12.2 Å². The maximum absolute atomic E-state index is 12.8. The number of carbonyl (C=O) groups excluding carboxylic acids is 1. The van der Waals surface area contributed by atoms with Crippen LogP contribution < -0.4 is 10.0 Å². The molecule has 1 amide bonds. The van der Waals surface area contributed by atoms with Crippen molar-refractivity contribution in [1.29, 1.82) is 0 Å². The van der Waals surface area contributed by atoms with Gasteiger partial charge in [0.15, 0.2) is 0 Å². The van der Waals surface area contributed by atoms with Crippen molar-refractivity contribution in [3.05, 3.63) is 94.5 Å². The summed E-state index contributed by atoms with van der Waals surface area (Å²) in [5.41, 5.74) is 2.07. The molecule has 1 saturated carbocycles. The van der Waals surface area contributed by atoms with Gasteiger partial charge in [0.05, 0.1) is 10.3 Å². The Morgan fingerprint density at radius 2 is 1.55 bits per heavy atom. The van der Waals surface area contributed by atoms with Crippen LogP contribution in [0, 0.1) is 0 Å². The molecular formula is C24H23BrN2O3S. The molecule has 2 N–H and O–H groups in total. The third kappa shape index (κ3) is 4.99. The van der Waals surface area contributed by atoms with Crippen LogP contribution in [0.5, 0.6) is 0 Å². The Labute approximate surface area is 191 Å². The summed E-state index contributed by atoms with van der Waals surface area (Å²) < 4.78 is 28.5. The van der Waals surface area contributed by atoms with Crippen LogP contribution in [0.4, 0.5) is 5.69 Å². The fourth-order valence-corrected chi connectivity index (χ4v) is 4.91. The summed E-state index contributed by atoms with van der Waals surface area (Å²) >= 11 is 3.30. The molecular weight excluding hydrogens is 476 g/mol. The summed E-state index contributed by atoms with van der Waals surface area (Å²) in [4.78, 5) is 13.0. The SMILES string of the molecule is O=C(NCCc1ccccc1)C1(c2ccc(NS(=O)(=O)c3ccc(Br)cc3)cc2)CC1. The van der Waals surface area contributed by atoms with E-state index < -0.39 is 15.4 Å². The van der Waals surface area contributed by atoms with Crippen LogP contribution in [0.2, 0.25) is 0 Å². The first-order valence-electron chi connectivity index (χ1n) is 10.1. The molecule has 31 heavy (non-hydrogen) atoms. The molecule has 1 fully saturated rings. The van der Waals surface area contributed by atoms with E-state index in [1.165, 1.54) is 5.56 Å². The quantitative estimate of drug-likeness (QED) is 0.474. The molecule has 0 unspecified atom stereocenters. The van der Waals surface area contributed by atoms with Gasteiger partial charge in [-0.3, -0.25) is 9.52 Å². The first-order chi connectivity index (χ1) is 14.9. The Hall–Kier alpha value is -2.64. The fourth-order valence-electron chi connectivity index (χ4n) is 3.59. The number of hydrogen-bond acceptors (Lipinski definition) is 3. The molecule has 0 atom stereocenters. The van der Waals surface area contributed by atoms with Gasteiger partial charge in [-0.05, 0) is 66.8 Å². The molecule has 7 heteroatoms. The van der Waals surface area contributed by atoms with Crippen LogP contribution in [0.15, 0.2) is 88.2 Å². The lowest BCUT2D eigenvalue weighted by Gasteiger charge is -2.17. The maximum atomic E-state index is 12.8. The summed E-state index contributed by atoms with van der Waals surface area (Å²) in [6.07, 6.45) is 2.39. The Morgan fingerprint density at radius 3 is 2.16 bits per heavy atom. The number of nitrogens with one attached hydrogen (secondary N) is 2. The molecule has 0 saturated heterocycles. The smallest absolute Gasteiger partial charge is 0.261 e. The van der Waals surface area contributed by atoms with E-state index in [9.17, 15) is 13.2 Å². The highest BCUT2D eigenvalue weighted by Crippen LogP contribution is 2.48. The highest BCUT2D eigenvalue weighted by molar-refractivity contribution is 9.10. The van der Waals surface area contributed by atoms with Crippen molar-refractivity contribution in [2.24, 2.45) is 0 Å². The molecule has 0 radical (unpaired) electrons. The summed E-state index contributed by atoms with van der Waals surface area (Å²) in [6, 6.07) is 23.6. The molecule has 0 spiro atoms. The van der Waals surface area contributed by atoms with Crippen LogP contribution in [0.1, 0.15) is 24.0 Å². The van der Waals surface area contributed by atoms with Gasteiger partial charge in [0.25, 0.3) is 10.0 Å². The lowest BCUT2D eigenvalue weighted by molar-refractivity contribution is -0.123. The van der Waals surface area contributed by atoms with Gasteiger partial charge in [-0.1, -0.05) is 58.4 Å². The fraction of sp³-hybridized carbons (Fsp3) is 0.208. The second kappa shape index (κ2) is 8.85. The normalized spacial score (nSPS) is 14.6. The summed E-state index contributed by atoms with van der Waals surface area (Å²) in [5.74, 6) is 0.0339. The van der Waals surface area contributed by atoms with Crippen molar-refractivity contribution in [3.8, 4) is 0 Å². The predicted octanol–water partition coefficient (Wildman–Crippen LogP) is 4.64. The van der Waals surface area contributed by atoms with Crippen molar-refractivity contribution in [1.82, 2.24) is 5.32 Å². The molecule has 0 aromatic heterocycles. The zero-order chi connectivity index (χ0) is 21.9. The topological polar surface area (TPSA) is 75.3 Å². The van der Waals surface area contributed by atoms with Crippen molar-refractivity contribution >= 4 is 37.5 Å². The molecule has 0 heterocycles. The summed E-state index contributed by atoms with van der Waals surface area (Å²) in [7, 11) is -3.67. The summed E-state index contributed by atoms with van der Waals surface area (Å²) in [5, 5.41) is 3.06. The van der Waals surface area contributed by atoms with E-state index in [0.717, 1.165) is 29.3 Å². The maximum Gasteiger partial charge on any atom is 0.261 e. The van der Waals surface area contributed by atoms with Gasteiger partial charge in [-0.2, -0.15) is 0 Å². The lowest BCUT2D eigenvalue weighted by Crippen LogP contribution is -2.35. The van der Waals surface area contributed by atoms with Crippen LogP contribution in [0.25, 0.3) is 0 Å². The molecule has 1 aliphatic rings. The number of rotatable bonds is 8. The van der Waals surface area contributed by atoms with Crippen molar-refractivity contribution in [3.63, 3.8) is 0 Å². The van der Waals surface area contributed by atoms with Crippen LogP contribution in [0.3, 0.4) is 0 Å². The van der Waals surface area contributed by atoms with Crippen LogP contribution in [-0.2, 0) is 26.7 Å². The number of carbonyl (C=O) groups is 1. The first-order valence-corrected chi connectivity index (χ1v) is 12.4. The van der Waals surface area contributed by atoms with Gasteiger partial charge >= 0.3 is 0 Å². The standard InChI is InChI=1S/C24H23BrN2O3S/c25-20-8-12-22(13-9-20)31(29,30)27-21-10-6-19(7-11-21)24(15-16-24)23(28)26-17-14-18-4-2-1-3-5-18/h1-13,27H,14-17H2,(H,26,28). The van der Waals surface area contributed by atoms with Crippen LogP contribution >= 0.6 is 15.9 Å². The largest absolute Gasteiger partial charge is 0.355 e. The average Bonchev–Trinajstić information content (AvgIpc) is 3.57. The second-order valence-electron chi connectivity index (χ2n) is 7.71. The Kier molecular flexibility index (Phi) is 6.16. The number of benzene rings is 3. The Balaban J connectivity index is 1.39.